The number of hydrogen-bond donors (Lipinski definition) is 1. The van der Waals surface area contributed by atoms with Gasteiger partial charge in [-0.3, -0.25) is 9.59 Å². The summed E-state index contributed by atoms with van der Waals surface area (Å²) in [7, 11) is 0. The van der Waals surface area contributed by atoms with E-state index in [2.05, 4.69) is 21.2 Å². The third kappa shape index (κ3) is 6.73. The molecule has 1 rings (SSSR count). The maximum Gasteiger partial charge on any atom is 0.248 e. The van der Waals surface area contributed by atoms with Gasteiger partial charge < -0.3 is 15.0 Å². The first-order valence-electron chi connectivity index (χ1n) is 6.93. The van der Waals surface area contributed by atoms with Gasteiger partial charge in [0.15, 0.2) is 0 Å². The van der Waals surface area contributed by atoms with Crippen LogP contribution in [0.3, 0.4) is 0 Å². The Balaban J connectivity index is 2.24. The van der Waals surface area contributed by atoms with Crippen LogP contribution in [0.2, 0.25) is 0 Å². The monoisotopic (exact) mass is 356 g/mol. The minimum atomic E-state index is -0.234. The number of nitrogens with one attached hydrogen (secondary N) is 1. The highest BCUT2D eigenvalue weighted by Gasteiger charge is 2.10. The molecule has 0 saturated heterocycles. The van der Waals surface area contributed by atoms with Crippen molar-refractivity contribution in [1.29, 1.82) is 0 Å². The number of carbonyl (C=O) groups is 2. The molecular formula is C15H21BrN2O3. The molecule has 0 aromatic heterocycles. The first-order chi connectivity index (χ1) is 10.1. The van der Waals surface area contributed by atoms with Crippen molar-refractivity contribution in [3.63, 3.8) is 0 Å². The van der Waals surface area contributed by atoms with Gasteiger partial charge in [-0.15, -0.1) is 0 Å². The van der Waals surface area contributed by atoms with Crippen molar-refractivity contribution in [2.45, 2.75) is 20.4 Å². The fourth-order valence-electron chi connectivity index (χ4n) is 1.80. The molecule has 0 aliphatic carbocycles. The Kier molecular flexibility index (Phi) is 8.00. The zero-order valence-electron chi connectivity index (χ0n) is 12.4. The van der Waals surface area contributed by atoms with E-state index in [0.717, 1.165) is 10.0 Å². The summed E-state index contributed by atoms with van der Waals surface area (Å²) in [4.78, 5) is 25.0. The maximum atomic E-state index is 11.7. The van der Waals surface area contributed by atoms with Crippen molar-refractivity contribution < 1.29 is 14.3 Å². The number of carbonyl (C=O) groups excluding carboxylic acids is 2. The SMILES string of the molecule is CCN(CC)C(=O)COCC(=O)NCc1cccc(Br)c1. The number of ether oxygens (including phenoxy) is 1. The molecule has 116 valence electrons. The van der Waals surface area contributed by atoms with Gasteiger partial charge >= 0.3 is 0 Å². The largest absolute Gasteiger partial charge is 0.362 e. The molecule has 1 aromatic carbocycles. The summed E-state index contributed by atoms with van der Waals surface area (Å²) in [5, 5.41) is 2.75. The second kappa shape index (κ2) is 9.52. The molecule has 21 heavy (non-hydrogen) atoms. The van der Waals surface area contributed by atoms with Crippen LogP contribution in [0.15, 0.2) is 28.7 Å². The van der Waals surface area contributed by atoms with E-state index in [4.69, 9.17) is 4.74 Å². The van der Waals surface area contributed by atoms with Crippen molar-refractivity contribution in [2.24, 2.45) is 0 Å². The van der Waals surface area contributed by atoms with Gasteiger partial charge in [0.25, 0.3) is 0 Å². The number of hydrogen-bond acceptors (Lipinski definition) is 3. The number of halogens is 1. The van der Waals surface area contributed by atoms with E-state index < -0.39 is 0 Å². The van der Waals surface area contributed by atoms with Gasteiger partial charge in [-0.25, -0.2) is 0 Å². The predicted molar refractivity (Wildman–Crippen MR) is 84.7 cm³/mol. The van der Waals surface area contributed by atoms with E-state index in [1.807, 2.05) is 38.1 Å². The minimum Gasteiger partial charge on any atom is -0.362 e. The number of likely N-dealkylation sites (N-methyl/N-ethyl adjacent to an activating group) is 1. The first-order valence-corrected chi connectivity index (χ1v) is 7.72. The van der Waals surface area contributed by atoms with Gasteiger partial charge in [0.2, 0.25) is 11.8 Å². The van der Waals surface area contributed by atoms with E-state index >= 15 is 0 Å². The standard InChI is InChI=1S/C15H21BrN2O3/c1-3-18(4-2)15(20)11-21-10-14(19)17-9-12-6-5-7-13(16)8-12/h5-8H,3-4,9-11H2,1-2H3,(H,17,19). The van der Waals surface area contributed by atoms with E-state index in [0.29, 0.717) is 19.6 Å². The highest BCUT2D eigenvalue weighted by molar-refractivity contribution is 9.10. The molecule has 2 amide bonds. The molecule has 0 unspecified atom stereocenters. The van der Waals surface area contributed by atoms with Gasteiger partial charge in [0.05, 0.1) is 0 Å². The molecule has 0 spiro atoms. The zero-order chi connectivity index (χ0) is 15.7. The normalized spacial score (nSPS) is 10.2. The molecular weight excluding hydrogens is 336 g/mol. The number of amides is 2. The lowest BCUT2D eigenvalue weighted by Crippen LogP contribution is -2.35. The first kappa shape index (κ1) is 17.7. The summed E-state index contributed by atoms with van der Waals surface area (Å²) >= 11 is 3.37. The fraction of sp³-hybridized carbons (Fsp3) is 0.467. The Bertz CT molecular complexity index is 476. The zero-order valence-corrected chi connectivity index (χ0v) is 14.0. The highest BCUT2D eigenvalue weighted by Crippen LogP contribution is 2.11. The van der Waals surface area contributed by atoms with Crippen molar-refractivity contribution >= 4 is 27.7 Å². The molecule has 0 aliphatic rings. The Hall–Kier alpha value is -1.40. The van der Waals surface area contributed by atoms with Crippen LogP contribution < -0.4 is 5.32 Å². The molecule has 1 N–H and O–H groups in total. The molecule has 0 fully saturated rings. The Morgan fingerprint density at radius 2 is 1.95 bits per heavy atom. The van der Waals surface area contributed by atoms with Gasteiger partial charge in [-0.05, 0) is 31.5 Å². The third-order valence-corrected chi connectivity index (χ3v) is 3.45. The van der Waals surface area contributed by atoms with Crippen LogP contribution in [0, 0.1) is 0 Å². The van der Waals surface area contributed by atoms with Gasteiger partial charge in [0.1, 0.15) is 13.2 Å². The summed E-state index contributed by atoms with van der Waals surface area (Å²) in [6, 6.07) is 7.69. The van der Waals surface area contributed by atoms with Crippen molar-refractivity contribution in [1.82, 2.24) is 10.2 Å². The fourth-order valence-corrected chi connectivity index (χ4v) is 2.24. The molecule has 1 aromatic rings. The van der Waals surface area contributed by atoms with E-state index in [1.165, 1.54) is 0 Å². The van der Waals surface area contributed by atoms with Gasteiger partial charge in [-0.1, -0.05) is 28.1 Å². The lowest BCUT2D eigenvalue weighted by Gasteiger charge is -2.18. The number of benzene rings is 1. The number of rotatable bonds is 8. The van der Waals surface area contributed by atoms with Gasteiger partial charge in [0, 0.05) is 24.1 Å². The van der Waals surface area contributed by atoms with Crippen molar-refractivity contribution in [3.05, 3.63) is 34.3 Å². The number of nitrogens with zero attached hydrogens (tertiary/aromatic N) is 1. The Labute approximate surface area is 133 Å². The van der Waals surface area contributed by atoms with Crippen LogP contribution in [0.4, 0.5) is 0 Å². The highest BCUT2D eigenvalue weighted by atomic mass is 79.9. The summed E-state index contributed by atoms with van der Waals surface area (Å²) in [6.45, 7) is 5.37. The van der Waals surface area contributed by atoms with E-state index in [1.54, 1.807) is 4.90 Å². The van der Waals surface area contributed by atoms with E-state index in [9.17, 15) is 9.59 Å². The van der Waals surface area contributed by atoms with Crippen LogP contribution >= 0.6 is 15.9 Å². The van der Waals surface area contributed by atoms with Crippen LogP contribution in [-0.2, 0) is 20.9 Å². The Morgan fingerprint density at radius 3 is 2.57 bits per heavy atom. The molecule has 6 heteroatoms. The van der Waals surface area contributed by atoms with Crippen LogP contribution in [-0.4, -0.2) is 43.0 Å². The topological polar surface area (TPSA) is 58.6 Å². The van der Waals surface area contributed by atoms with E-state index in [-0.39, 0.29) is 25.0 Å². The molecule has 0 radical (unpaired) electrons. The summed E-state index contributed by atoms with van der Waals surface area (Å²) in [5.41, 5.74) is 0.997. The molecule has 0 atom stereocenters. The average Bonchev–Trinajstić information content (AvgIpc) is 2.46. The summed E-state index contributed by atoms with van der Waals surface area (Å²) in [6.07, 6.45) is 0. The molecule has 0 heterocycles. The third-order valence-electron chi connectivity index (χ3n) is 2.95. The molecule has 5 nitrogen and oxygen atoms in total. The average molecular weight is 357 g/mol. The van der Waals surface area contributed by atoms with Crippen LogP contribution in [0.1, 0.15) is 19.4 Å². The minimum absolute atomic E-state index is 0.0635. The Morgan fingerprint density at radius 1 is 1.24 bits per heavy atom. The molecule has 0 saturated carbocycles. The van der Waals surface area contributed by atoms with Crippen molar-refractivity contribution in [2.75, 3.05) is 26.3 Å². The second-order valence-electron chi connectivity index (χ2n) is 4.47. The molecule has 0 bridgehead atoms. The summed E-state index contributed by atoms with van der Waals surface area (Å²) < 4.78 is 6.11. The maximum absolute atomic E-state index is 11.7. The lowest BCUT2D eigenvalue weighted by atomic mass is 10.2. The molecule has 0 aliphatic heterocycles. The smallest absolute Gasteiger partial charge is 0.248 e. The van der Waals surface area contributed by atoms with Crippen molar-refractivity contribution in [3.8, 4) is 0 Å². The van der Waals surface area contributed by atoms with Crippen LogP contribution in [0.25, 0.3) is 0 Å². The second-order valence-corrected chi connectivity index (χ2v) is 5.38. The predicted octanol–water partition coefficient (Wildman–Crippen LogP) is 1.95. The summed E-state index contributed by atoms with van der Waals surface area (Å²) in [5.74, 6) is -0.331. The quantitative estimate of drug-likeness (QED) is 0.774. The lowest BCUT2D eigenvalue weighted by molar-refractivity contribution is -0.138. The van der Waals surface area contributed by atoms with Gasteiger partial charge in [-0.2, -0.15) is 0 Å². The van der Waals surface area contributed by atoms with Crippen LogP contribution in [0.5, 0.6) is 0 Å².